The molecule has 2 aromatic rings. The van der Waals surface area contributed by atoms with Crippen LogP contribution in [0.1, 0.15) is 31.2 Å². The molecule has 0 spiro atoms. The number of rotatable bonds is 6. The fourth-order valence-electron chi connectivity index (χ4n) is 4.23. The van der Waals surface area contributed by atoms with Crippen molar-refractivity contribution in [1.82, 2.24) is 9.21 Å². The van der Waals surface area contributed by atoms with Crippen LogP contribution >= 0.6 is 0 Å². The van der Waals surface area contributed by atoms with Crippen LogP contribution in [0.5, 0.6) is 0 Å². The minimum Gasteiger partial charge on any atom is -0.326 e. The third-order valence-electron chi connectivity index (χ3n) is 6.10. The Balaban J connectivity index is 1.28. The van der Waals surface area contributed by atoms with E-state index >= 15 is 0 Å². The van der Waals surface area contributed by atoms with Gasteiger partial charge in [-0.1, -0.05) is 12.1 Å². The Morgan fingerprint density at radius 2 is 1.55 bits per heavy atom. The number of carbonyl (C=O) groups is 1. The second-order valence-electron chi connectivity index (χ2n) is 8.30. The van der Waals surface area contributed by atoms with Gasteiger partial charge in [0.2, 0.25) is 15.9 Å². The molecule has 0 bridgehead atoms. The average molecular weight is 446 g/mol. The fraction of sp³-hybridized carbons (Fsp3) is 0.435. The number of nitrogens with zero attached hydrogens (tertiary/aromatic N) is 2. The summed E-state index contributed by atoms with van der Waals surface area (Å²) in [7, 11) is -3.44. The Morgan fingerprint density at radius 1 is 0.935 bits per heavy atom. The van der Waals surface area contributed by atoms with Gasteiger partial charge in [0.15, 0.2) is 0 Å². The van der Waals surface area contributed by atoms with E-state index in [1.807, 2.05) is 0 Å². The summed E-state index contributed by atoms with van der Waals surface area (Å²) in [6, 6.07) is 13.0. The Hall–Kier alpha value is -2.29. The van der Waals surface area contributed by atoms with Crippen LogP contribution in [-0.4, -0.2) is 49.7 Å². The van der Waals surface area contributed by atoms with Crippen LogP contribution in [0.15, 0.2) is 53.4 Å². The second kappa shape index (κ2) is 9.46. The summed E-state index contributed by atoms with van der Waals surface area (Å²) in [5.41, 5.74) is 1.67. The lowest BCUT2D eigenvalue weighted by Crippen LogP contribution is -2.37. The van der Waals surface area contributed by atoms with Crippen molar-refractivity contribution in [2.75, 3.05) is 31.5 Å². The standard InChI is InChI=1S/C23H28FN3O3S/c24-20-5-3-18(4-6-20)17-26-15-11-19(12-16-26)23(28)25-21-7-9-22(10-8-21)31(29,30)27-13-1-2-14-27/h3-10,19H,1-2,11-17H2,(H,25,28). The molecule has 0 radical (unpaired) electrons. The van der Waals surface area contributed by atoms with Gasteiger partial charge in [-0.25, -0.2) is 12.8 Å². The third kappa shape index (κ3) is 5.31. The lowest BCUT2D eigenvalue weighted by molar-refractivity contribution is -0.121. The number of hydrogen-bond acceptors (Lipinski definition) is 4. The fourth-order valence-corrected chi connectivity index (χ4v) is 5.75. The molecule has 2 aromatic carbocycles. The molecule has 8 heteroatoms. The summed E-state index contributed by atoms with van der Waals surface area (Å²) < 4.78 is 39.8. The largest absolute Gasteiger partial charge is 0.326 e. The highest BCUT2D eigenvalue weighted by Gasteiger charge is 2.28. The van der Waals surface area contributed by atoms with Gasteiger partial charge in [-0.05, 0) is 80.7 Å². The normalized spacial score (nSPS) is 18.9. The van der Waals surface area contributed by atoms with Crippen molar-refractivity contribution < 1.29 is 17.6 Å². The predicted octanol–water partition coefficient (Wildman–Crippen LogP) is 3.46. The highest BCUT2D eigenvalue weighted by Crippen LogP contribution is 2.24. The summed E-state index contributed by atoms with van der Waals surface area (Å²) in [4.78, 5) is 15.2. The SMILES string of the molecule is O=C(Nc1ccc(S(=O)(=O)N2CCCC2)cc1)C1CCN(Cc2ccc(F)cc2)CC1. The number of amides is 1. The highest BCUT2D eigenvalue weighted by atomic mass is 32.2. The summed E-state index contributed by atoms with van der Waals surface area (Å²) in [6.45, 7) is 3.51. The van der Waals surface area contributed by atoms with Crippen LogP contribution in [-0.2, 0) is 21.4 Å². The lowest BCUT2D eigenvalue weighted by atomic mass is 9.95. The maximum absolute atomic E-state index is 13.0. The van der Waals surface area contributed by atoms with Crippen LogP contribution in [0, 0.1) is 11.7 Å². The molecule has 1 N–H and O–H groups in total. The molecule has 31 heavy (non-hydrogen) atoms. The van der Waals surface area contributed by atoms with Crippen molar-refractivity contribution in [3.8, 4) is 0 Å². The molecule has 166 valence electrons. The van der Waals surface area contributed by atoms with Crippen LogP contribution in [0.2, 0.25) is 0 Å². The number of nitrogens with one attached hydrogen (secondary N) is 1. The molecule has 0 atom stereocenters. The molecule has 2 fully saturated rings. The molecular weight excluding hydrogens is 417 g/mol. The maximum atomic E-state index is 13.0. The van der Waals surface area contributed by atoms with E-state index in [0.717, 1.165) is 50.9 Å². The van der Waals surface area contributed by atoms with E-state index in [1.54, 1.807) is 36.4 Å². The van der Waals surface area contributed by atoms with Crippen molar-refractivity contribution in [2.45, 2.75) is 37.1 Å². The molecule has 0 aliphatic carbocycles. The van der Waals surface area contributed by atoms with Gasteiger partial charge in [0, 0.05) is 31.2 Å². The lowest BCUT2D eigenvalue weighted by Gasteiger charge is -2.31. The first-order chi connectivity index (χ1) is 14.9. The molecule has 2 aliphatic rings. The van der Waals surface area contributed by atoms with Crippen LogP contribution in [0.4, 0.5) is 10.1 Å². The Bertz CT molecular complexity index is 995. The van der Waals surface area contributed by atoms with Gasteiger partial charge >= 0.3 is 0 Å². The zero-order chi connectivity index (χ0) is 21.8. The molecule has 4 rings (SSSR count). The molecule has 0 aromatic heterocycles. The summed E-state index contributed by atoms with van der Waals surface area (Å²) in [6.07, 6.45) is 3.31. The summed E-state index contributed by atoms with van der Waals surface area (Å²) >= 11 is 0. The van der Waals surface area contributed by atoms with Crippen molar-refractivity contribution >= 4 is 21.6 Å². The number of halogens is 1. The first-order valence-corrected chi connectivity index (χ1v) is 12.2. The minimum atomic E-state index is -3.44. The zero-order valence-corrected chi connectivity index (χ0v) is 18.3. The highest BCUT2D eigenvalue weighted by molar-refractivity contribution is 7.89. The van der Waals surface area contributed by atoms with Crippen molar-refractivity contribution in [2.24, 2.45) is 5.92 Å². The molecule has 1 amide bonds. The second-order valence-corrected chi connectivity index (χ2v) is 10.2. The number of carbonyl (C=O) groups excluding carboxylic acids is 1. The van der Waals surface area contributed by atoms with E-state index in [2.05, 4.69) is 10.2 Å². The zero-order valence-electron chi connectivity index (χ0n) is 17.5. The number of benzene rings is 2. The number of hydrogen-bond donors (Lipinski definition) is 1. The topological polar surface area (TPSA) is 69.7 Å². The summed E-state index contributed by atoms with van der Waals surface area (Å²) in [5, 5.41) is 2.92. The average Bonchev–Trinajstić information content (AvgIpc) is 3.32. The maximum Gasteiger partial charge on any atom is 0.243 e. The molecule has 0 unspecified atom stereocenters. The van der Waals surface area contributed by atoms with Crippen molar-refractivity contribution in [1.29, 1.82) is 0 Å². The van der Waals surface area contributed by atoms with Crippen LogP contribution < -0.4 is 5.32 Å². The first-order valence-electron chi connectivity index (χ1n) is 10.8. The Kier molecular flexibility index (Phi) is 6.69. The van der Waals surface area contributed by atoms with Gasteiger partial charge in [-0.2, -0.15) is 4.31 Å². The quantitative estimate of drug-likeness (QED) is 0.739. The van der Waals surface area contributed by atoms with E-state index in [9.17, 15) is 17.6 Å². The van der Waals surface area contributed by atoms with Crippen molar-refractivity contribution in [3.63, 3.8) is 0 Å². The van der Waals surface area contributed by atoms with E-state index in [4.69, 9.17) is 0 Å². The van der Waals surface area contributed by atoms with Gasteiger partial charge in [-0.15, -0.1) is 0 Å². The first kappa shape index (κ1) is 21.9. The van der Waals surface area contributed by atoms with Crippen LogP contribution in [0.3, 0.4) is 0 Å². The predicted molar refractivity (Wildman–Crippen MR) is 117 cm³/mol. The van der Waals surface area contributed by atoms with E-state index in [1.165, 1.54) is 16.4 Å². The molecule has 2 saturated heterocycles. The van der Waals surface area contributed by atoms with E-state index in [-0.39, 0.29) is 22.5 Å². The van der Waals surface area contributed by atoms with Gasteiger partial charge < -0.3 is 5.32 Å². The molecule has 0 saturated carbocycles. The summed E-state index contributed by atoms with van der Waals surface area (Å²) in [5.74, 6) is -0.338. The van der Waals surface area contributed by atoms with Crippen molar-refractivity contribution in [3.05, 3.63) is 59.9 Å². The molecule has 2 heterocycles. The van der Waals surface area contributed by atoms with Gasteiger partial charge in [-0.3, -0.25) is 9.69 Å². The third-order valence-corrected chi connectivity index (χ3v) is 8.02. The Morgan fingerprint density at radius 3 is 2.16 bits per heavy atom. The Labute approximate surface area is 183 Å². The van der Waals surface area contributed by atoms with E-state index < -0.39 is 10.0 Å². The number of sulfonamides is 1. The molecule has 2 aliphatic heterocycles. The minimum absolute atomic E-state index is 0.0309. The molecular formula is C23H28FN3O3S. The van der Waals surface area contributed by atoms with Gasteiger partial charge in [0.05, 0.1) is 4.90 Å². The molecule has 6 nitrogen and oxygen atoms in total. The monoisotopic (exact) mass is 445 g/mol. The number of likely N-dealkylation sites (tertiary alicyclic amines) is 1. The van der Waals surface area contributed by atoms with Gasteiger partial charge in [0.1, 0.15) is 5.82 Å². The number of anilines is 1. The number of piperidine rings is 1. The van der Waals surface area contributed by atoms with Crippen LogP contribution in [0.25, 0.3) is 0 Å². The smallest absolute Gasteiger partial charge is 0.243 e. The van der Waals surface area contributed by atoms with Gasteiger partial charge in [0.25, 0.3) is 0 Å². The van der Waals surface area contributed by atoms with E-state index in [0.29, 0.717) is 18.8 Å².